The molecule has 0 amide bonds. The van der Waals surface area contributed by atoms with Crippen molar-refractivity contribution in [2.45, 2.75) is 6.92 Å². The van der Waals surface area contributed by atoms with Crippen molar-refractivity contribution in [1.29, 1.82) is 0 Å². The summed E-state index contributed by atoms with van der Waals surface area (Å²) >= 11 is 0. The van der Waals surface area contributed by atoms with Gasteiger partial charge in [0.2, 0.25) is 0 Å². The van der Waals surface area contributed by atoms with E-state index in [4.69, 9.17) is 4.74 Å². The zero-order valence-electron chi connectivity index (χ0n) is 10.5. The summed E-state index contributed by atoms with van der Waals surface area (Å²) in [5, 5.41) is 0. The van der Waals surface area contributed by atoms with Crippen LogP contribution in [0.1, 0.15) is 22.8 Å². The second-order valence-corrected chi connectivity index (χ2v) is 4.05. The SMILES string of the molecule is CC(=O)Oc1cccc(C(=O)c2cccc(F)c2F)c1. The topological polar surface area (TPSA) is 43.4 Å². The normalized spacial score (nSPS) is 10.2. The van der Waals surface area contributed by atoms with Crippen LogP contribution in [0.25, 0.3) is 0 Å². The first-order chi connectivity index (χ1) is 9.49. The number of esters is 1. The van der Waals surface area contributed by atoms with Crippen LogP contribution >= 0.6 is 0 Å². The van der Waals surface area contributed by atoms with Gasteiger partial charge < -0.3 is 4.74 Å². The molecule has 5 heteroatoms. The fourth-order valence-electron chi connectivity index (χ4n) is 1.70. The van der Waals surface area contributed by atoms with Crippen molar-refractivity contribution >= 4 is 11.8 Å². The molecule has 0 saturated carbocycles. The highest BCUT2D eigenvalue weighted by molar-refractivity contribution is 6.09. The fourth-order valence-corrected chi connectivity index (χ4v) is 1.70. The molecule has 0 heterocycles. The summed E-state index contributed by atoms with van der Waals surface area (Å²) in [7, 11) is 0. The molecule has 0 atom stereocenters. The number of ether oxygens (including phenoxy) is 1. The molecule has 0 radical (unpaired) electrons. The van der Waals surface area contributed by atoms with Crippen molar-refractivity contribution in [2.24, 2.45) is 0 Å². The summed E-state index contributed by atoms with van der Waals surface area (Å²) in [6.45, 7) is 1.22. The van der Waals surface area contributed by atoms with Crippen LogP contribution < -0.4 is 4.74 Å². The maximum absolute atomic E-state index is 13.6. The third-order valence-electron chi connectivity index (χ3n) is 2.55. The first-order valence-corrected chi connectivity index (χ1v) is 5.76. The Bertz CT molecular complexity index is 681. The third-order valence-corrected chi connectivity index (χ3v) is 2.55. The molecule has 0 spiro atoms. The van der Waals surface area contributed by atoms with Crippen LogP contribution in [0, 0.1) is 11.6 Å². The Balaban J connectivity index is 2.38. The van der Waals surface area contributed by atoms with Crippen molar-refractivity contribution in [2.75, 3.05) is 0 Å². The van der Waals surface area contributed by atoms with Crippen LogP contribution in [0.2, 0.25) is 0 Å². The van der Waals surface area contributed by atoms with E-state index in [0.717, 1.165) is 6.07 Å². The summed E-state index contributed by atoms with van der Waals surface area (Å²) in [6, 6.07) is 9.08. The number of carbonyl (C=O) groups is 2. The Morgan fingerprint density at radius 2 is 1.75 bits per heavy atom. The molecule has 0 bridgehead atoms. The van der Waals surface area contributed by atoms with Crippen molar-refractivity contribution < 1.29 is 23.1 Å². The lowest BCUT2D eigenvalue weighted by molar-refractivity contribution is -0.131. The lowest BCUT2D eigenvalue weighted by Gasteiger charge is -2.06. The monoisotopic (exact) mass is 276 g/mol. The summed E-state index contributed by atoms with van der Waals surface area (Å²) in [5.41, 5.74) is -0.266. The van der Waals surface area contributed by atoms with Gasteiger partial charge in [-0.15, -0.1) is 0 Å². The average Bonchev–Trinajstić information content (AvgIpc) is 2.41. The quantitative estimate of drug-likeness (QED) is 0.491. The lowest BCUT2D eigenvalue weighted by atomic mass is 10.0. The molecule has 2 rings (SSSR count). The fraction of sp³-hybridized carbons (Fsp3) is 0.0667. The summed E-state index contributed by atoms with van der Waals surface area (Å²) < 4.78 is 31.5. The number of carbonyl (C=O) groups excluding carboxylic acids is 2. The van der Waals surface area contributed by atoms with Gasteiger partial charge in [0.1, 0.15) is 5.75 Å². The predicted octanol–water partition coefficient (Wildman–Crippen LogP) is 3.12. The maximum Gasteiger partial charge on any atom is 0.308 e. The number of halogens is 2. The molecule has 0 N–H and O–H groups in total. The van der Waals surface area contributed by atoms with Crippen LogP contribution in [0.3, 0.4) is 0 Å². The molecule has 0 saturated heterocycles. The highest BCUT2D eigenvalue weighted by atomic mass is 19.2. The molecule has 0 fully saturated rings. The summed E-state index contributed by atoms with van der Waals surface area (Å²) in [4.78, 5) is 23.0. The van der Waals surface area contributed by atoms with Crippen LogP contribution in [-0.4, -0.2) is 11.8 Å². The van der Waals surface area contributed by atoms with E-state index in [-0.39, 0.29) is 16.9 Å². The summed E-state index contributed by atoms with van der Waals surface area (Å²) in [6.07, 6.45) is 0. The zero-order valence-corrected chi connectivity index (χ0v) is 10.5. The van der Waals surface area contributed by atoms with E-state index in [2.05, 4.69) is 0 Å². The number of benzene rings is 2. The molecule has 2 aromatic rings. The van der Waals surface area contributed by atoms with E-state index in [1.54, 1.807) is 0 Å². The standard InChI is InChI=1S/C15H10F2O3/c1-9(18)20-11-5-2-4-10(8-11)15(19)12-6-3-7-13(16)14(12)17/h2-8H,1H3. The second-order valence-electron chi connectivity index (χ2n) is 4.05. The number of hydrogen-bond acceptors (Lipinski definition) is 3. The van der Waals surface area contributed by atoms with Crippen LogP contribution in [-0.2, 0) is 4.79 Å². The molecule has 0 aliphatic carbocycles. The van der Waals surface area contributed by atoms with E-state index in [1.807, 2.05) is 0 Å². The highest BCUT2D eigenvalue weighted by Crippen LogP contribution is 2.19. The van der Waals surface area contributed by atoms with Gasteiger partial charge in [0.15, 0.2) is 17.4 Å². The molecule has 0 aliphatic rings. The van der Waals surface area contributed by atoms with Crippen LogP contribution in [0.5, 0.6) is 5.75 Å². The van der Waals surface area contributed by atoms with Gasteiger partial charge >= 0.3 is 5.97 Å². The van der Waals surface area contributed by atoms with Crippen molar-refractivity contribution in [3.63, 3.8) is 0 Å². The molecule has 0 aliphatic heterocycles. The van der Waals surface area contributed by atoms with E-state index < -0.39 is 23.4 Å². The third kappa shape index (κ3) is 2.88. The van der Waals surface area contributed by atoms with Gasteiger partial charge in [0.25, 0.3) is 0 Å². The first kappa shape index (κ1) is 13.9. The van der Waals surface area contributed by atoms with Gasteiger partial charge in [-0.05, 0) is 24.3 Å². The van der Waals surface area contributed by atoms with Crippen molar-refractivity contribution in [1.82, 2.24) is 0 Å². The van der Waals surface area contributed by atoms with Crippen molar-refractivity contribution in [3.05, 3.63) is 65.2 Å². The number of hydrogen-bond donors (Lipinski definition) is 0. The number of rotatable bonds is 3. The molecule has 3 nitrogen and oxygen atoms in total. The predicted molar refractivity (Wildman–Crippen MR) is 67.5 cm³/mol. The van der Waals surface area contributed by atoms with E-state index in [0.29, 0.717) is 0 Å². The van der Waals surface area contributed by atoms with Gasteiger partial charge in [0, 0.05) is 12.5 Å². The summed E-state index contributed by atoms with van der Waals surface area (Å²) in [5.74, 6) is -3.34. The molecule has 102 valence electrons. The average molecular weight is 276 g/mol. The maximum atomic E-state index is 13.6. The van der Waals surface area contributed by atoms with Crippen molar-refractivity contribution in [3.8, 4) is 5.75 Å². The molecule has 2 aromatic carbocycles. The second kappa shape index (κ2) is 5.61. The Kier molecular flexibility index (Phi) is 3.89. The molecule has 0 unspecified atom stereocenters. The van der Waals surface area contributed by atoms with Gasteiger partial charge in [-0.2, -0.15) is 0 Å². The lowest BCUT2D eigenvalue weighted by Crippen LogP contribution is -2.07. The largest absolute Gasteiger partial charge is 0.427 e. The molecule has 0 aromatic heterocycles. The number of ketones is 1. The van der Waals surface area contributed by atoms with Crippen LogP contribution in [0.15, 0.2) is 42.5 Å². The minimum absolute atomic E-state index is 0.105. The molecular formula is C15H10F2O3. The van der Waals surface area contributed by atoms with E-state index >= 15 is 0 Å². The Labute approximate surface area is 113 Å². The highest BCUT2D eigenvalue weighted by Gasteiger charge is 2.17. The smallest absolute Gasteiger partial charge is 0.308 e. The van der Waals surface area contributed by atoms with Gasteiger partial charge in [-0.1, -0.05) is 18.2 Å². The van der Waals surface area contributed by atoms with Crippen LogP contribution in [0.4, 0.5) is 8.78 Å². The minimum atomic E-state index is -1.20. The first-order valence-electron chi connectivity index (χ1n) is 5.76. The van der Waals surface area contributed by atoms with Gasteiger partial charge in [-0.25, -0.2) is 8.78 Å². The molecule has 20 heavy (non-hydrogen) atoms. The Hall–Kier alpha value is -2.56. The Morgan fingerprint density at radius 1 is 1.05 bits per heavy atom. The van der Waals surface area contributed by atoms with E-state index in [9.17, 15) is 18.4 Å². The van der Waals surface area contributed by atoms with Gasteiger partial charge in [0.05, 0.1) is 5.56 Å². The van der Waals surface area contributed by atoms with E-state index in [1.165, 1.54) is 43.3 Å². The van der Waals surface area contributed by atoms with Gasteiger partial charge in [-0.3, -0.25) is 9.59 Å². The minimum Gasteiger partial charge on any atom is -0.427 e. The molecular weight excluding hydrogens is 266 g/mol. The Morgan fingerprint density at radius 3 is 2.45 bits per heavy atom. The zero-order chi connectivity index (χ0) is 14.7.